The van der Waals surface area contributed by atoms with Crippen LogP contribution in [0.25, 0.3) is 0 Å². The van der Waals surface area contributed by atoms with Crippen LogP contribution >= 0.6 is 0 Å². The molecule has 15 heavy (non-hydrogen) atoms. The van der Waals surface area contributed by atoms with Gasteiger partial charge in [0, 0.05) is 10.1 Å². The van der Waals surface area contributed by atoms with Crippen molar-refractivity contribution in [3.8, 4) is 11.5 Å². The molecule has 1 heterocycles. The fourth-order valence-electron chi connectivity index (χ4n) is 1.50. The minimum absolute atomic E-state index is 0.250. The number of nitrogens with one attached hydrogen (secondary N) is 1. The summed E-state index contributed by atoms with van der Waals surface area (Å²) in [5, 5.41) is 2.58. The molecule has 0 fully saturated rings. The van der Waals surface area contributed by atoms with Gasteiger partial charge in [0.15, 0.2) is 11.5 Å². The number of likely N-dealkylation sites (N-methyl/N-ethyl adjacent to an activating group) is 1. The van der Waals surface area contributed by atoms with E-state index in [1.54, 1.807) is 25.1 Å². The Bertz CT molecular complexity index is 513. The fraction of sp³-hybridized carbons (Fsp3) is 0.500. The molecule has 0 saturated heterocycles. The predicted molar refractivity (Wildman–Crippen MR) is 59.4 cm³/mol. The van der Waals surface area contributed by atoms with E-state index < -0.39 is 19.3 Å². The van der Waals surface area contributed by atoms with Crippen LogP contribution in [-0.4, -0.2) is 19.3 Å². The Labute approximate surface area is 97.4 Å². The van der Waals surface area contributed by atoms with E-state index in [0.29, 0.717) is 11.5 Å². The number of ether oxygens (including phenoxy) is 2. The topological polar surface area (TPSA) is 30.5 Å². The molecule has 3 nitrogen and oxygen atoms in total. The smallest absolute Gasteiger partial charge is 0.231 e. The van der Waals surface area contributed by atoms with Crippen LogP contribution < -0.4 is 14.8 Å². The van der Waals surface area contributed by atoms with Gasteiger partial charge >= 0.3 is 0 Å². The van der Waals surface area contributed by atoms with Gasteiger partial charge < -0.3 is 14.8 Å². The van der Waals surface area contributed by atoms with Crippen molar-refractivity contribution in [3.63, 3.8) is 0 Å². The molecule has 2 rings (SSSR count). The first-order chi connectivity index (χ1) is 8.96. The Morgan fingerprint density at radius 3 is 3.20 bits per heavy atom. The van der Waals surface area contributed by atoms with Crippen LogP contribution in [0.3, 0.4) is 0 Å². The van der Waals surface area contributed by atoms with Crippen LogP contribution in [0, 0.1) is 0 Å². The summed E-state index contributed by atoms with van der Waals surface area (Å²) in [5.74, 6) is 0.618. The summed E-state index contributed by atoms with van der Waals surface area (Å²) in [7, 11) is 0. The first kappa shape index (κ1) is 5.75. The Hall–Kier alpha value is -1.22. The first-order valence-corrected chi connectivity index (χ1v) is 4.76. The Kier molecular flexibility index (Phi) is 1.74. The third-order valence-electron chi connectivity index (χ3n) is 2.12. The average molecular weight is 212 g/mol. The molecular weight excluding hydrogens is 190 g/mol. The van der Waals surface area contributed by atoms with Crippen molar-refractivity contribution < 1.29 is 16.3 Å². The van der Waals surface area contributed by atoms with Gasteiger partial charge in [0.05, 0.1) is 0 Å². The fourth-order valence-corrected chi connectivity index (χ4v) is 1.50. The molecule has 0 radical (unpaired) electrons. The van der Waals surface area contributed by atoms with Gasteiger partial charge in [0.1, 0.15) is 2.74 Å². The van der Waals surface area contributed by atoms with Gasteiger partial charge in [0.2, 0.25) is 6.75 Å². The summed E-state index contributed by atoms with van der Waals surface area (Å²) in [6.45, 7) is -0.874. The van der Waals surface area contributed by atoms with E-state index in [0.717, 1.165) is 5.56 Å². The Morgan fingerprint density at radius 2 is 2.40 bits per heavy atom. The maximum Gasteiger partial charge on any atom is 0.231 e. The number of benzene rings is 1. The Balaban J connectivity index is 2.13. The van der Waals surface area contributed by atoms with Gasteiger partial charge in [-0.15, -0.1) is 0 Å². The predicted octanol–water partition coefficient (Wildman–Crippen LogP) is 1.96. The number of rotatable bonds is 4. The highest BCUT2D eigenvalue weighted by Gasteiger charge is 2.13. The molecule has 1 N–H and O–H groups in total. The summed E-state index contributed by atoms with van der Waals surface area (Å²) in [4.78, 5) is 0. The molecule has 0 bridgehead atoms. The van der Waals surface area contributed by atoms with Crippen molar-refractivity contribution in [3.05, 3.63) is 23.8 Å². The minimum Gasteiger partial charge on any atom is -0.454 e. The minimum atomic E-state index is -2.16. The zero-order valence-electron chi connectivity index (χ0n) is 13.8. The van der Waals surface area contributed by atoms with Crippen LogP contribution in [0.1, 0.15) is 26.3 Å². The van der Waals surface area contributed by atoms with Gasteiger partial charge in [-0.05, 0) is 37.5 Å². The SMILES string of the molecule is [2H]C([2H])(C)N[C@]([2H])(C)Cc1ccc2c(c1)OC([2H])([2H])O2. The lowest BCUT2D eigenvalue weighted by molar-refractivity contribution is 0.174. The summed E-state index contributed by atoms with van der Waals surface area (Å²) < 4.78 is 47.7. The Morgan fingerprint density at radius 1 is 1.60 bits per heavy atom. The van der Waals surface area contributed by atoms with Gasteiger partial charge in [-0.2, -0.15) is 0 Å². The number of hydrogen-bond acceptors (Lipinski definition) is 3. The molecule has 0 aliphatic carbocycles. The summed E-state index contributed by atoms with van der Waals surface area (Å²) in [5.41, 5.74) is 0.735. The molecule has 0 unspecified atom stereocenters. The maximum atomic E-state index is 8.10. The third-order valence-corrected chi connectivity index (χ3v) is 2.12. The van der Waals surface area contributed by atoms with Crippen molar-refractivity contribution in [1.29, 1.82) is 0 Å². The molecule has 0 saturated carbocycles. The zero-order chi connectivity index (χ0) is 15.2. The maximum absolute atomic E-state index is 8.10. The highest BCUT2D eigenvalue weighted by Crippen LogP contribution is 2.32. The molecule has 3 heteroatoms. The van der Waals surface area contributed by atoms with Gasteiger partial charge in [-0.3, -0.25) is 0 Å². The van der Waals surface area contributed by atoms with Gasteiger partial charge in [0.25, 0.3) is 0 Å². The van der Waals surface area contributed by atoms with Gasteiger partial charge in [-0.25, -0.2) is 0 Å². The molecule has 1 aromatic carbocycles. The standard InChI is InChI=1S/C12H17NO2/c1-3-13-9(2)6-10-4-5-11-12(7-10)15-8-14-11/h4-5,7,9,13H,3,6,8H2,1-2H3/t9-/m1/s1/i3D2,8D2,9D. The molecule has 0 aromatic heterocycles. The van der Waals surface area contributed by atoms with E-state index in [1.807, 2.05) is 0 Å². The lowest BCUT2D eigenvalue weighted by Crippen LogP contribution is -2.27. The molecule has 1 atom stereocenters. The van der Waals surface area contributed by atoms with Gasteiger partial charge in [-0.1, -0.05) is 13.0 Å². The molecule has 0 amide bonds. The first-order valence-electron chi connectivity index (χ1n) is 7.26. The average Bonchev–Trinajstić information content (AvgIpc) is 2.46. The van der Waals surface area contributed by atoms with E-state index in [1.165, 1.54) is 6.92 Å². The summed E-state index contributed by atoms with van der Waals surface area (Å²) >= 11 is 0. The number of fused-ring (bicyclic) bond motifs is 1. The highest BCUT2D eigenvalue weighted by molar-refractivity contribution is 5.44. The summed E-state index contributed by atoms with van der Waals surface area (Å²) in [6, 6.07) is 3.72. The van der Waals surface area contributed by atoms with Crippen LogP contribution in [-0.2, 0) is 6.42 Å². The van der Waals surface area contributed by atoms with E-state index in [-0.39, 0.29) is 6.42 Å². The second kappa shape index (κ2) is 4.53. The van der Waals surface area contributed by atoms with Crippen LogP contribution in [0.5, 0.6) is 11.5 Å². The van der Waals surface area contributed by atoms with E-state index >= 15 is 0 Å². The second-order valence-corrected chi connectivity index (χ2v) is 3.40. The van der Waals surface area contributed by atoms with E-state index in [4.69, 9.17) is 16.3 Å². The van der Waals surface area contributed by atoms with E-state index in [9.17, 15) is 0 Å². The molecule has 82 valence electrons. The summed E-state index contributed by atoms with van der Waals surface area (Å²) in [6.07, 6.45) is 0.250. The highest BCUT2D eigenvalue weighted by atomic mass is 16.7. The lowest BCUT2D eigenvalue weighted by Gasteiger charge is -2.12. The number of hydrogen-bond donors (Lipinski definition) is 1. The van der Waals surface area contributed by atoms with E-state index in [2.05, 4.69) is 5.32 Å². The quantitative estimate of drug-likeness (QED) is 0.827. The molecular formula is C12H17NO2. The molecule has 1 aromatic rings. The van der Waals surface area contributed by atoms with Crippen LogP contribution in [0.15, 0.2) is 18.2 Å². The molecule has 1 aliphatic heterocycles. The lowest BCUT2D eigenvalue weighted by atomic mass is 10.1. The van der Waals surface area contributed by atoms with Crippen LogP contribution in [0.2, 0.25) is 0 Å². The van der Waals surface area contributed by atoms with Crippen molar-refractivity contribution in [1.82, 2.24) is 5.32 Å². The second-order valence-electron chi connectivity index (χ2n) is 3.40. The van der Waals surface area contributed by atoms with Crippen molar-refractivity contribution in [2.24, 2.45) is 0 Å². The normalized spacial score (nSPS) is 26.7. The van der Waals surface area contributed by atoms with Crippen molar-refractivity contribution in [2.45, 2.75) is 26.3 Å². The van der Waals surface area contributed by atoms with Crippen molar-refractivity contribution >= 4 is 0 Å². The van der Waals surface area contributed by atoms with Crippen molar-refractivity contribution in [2.75, 3.05) is 13.2 Å². The molecule has 1 aliphatic rings. The molecule has 0 spiro atoms. The third kappa shape index (κ3) is 2.42. The van der Waals surface area contributed by atoms with Crippen LogP contribution in [0.4, 0.5) is 0 Å². The zero-order valence-corrected chi connectivity index (χ0v) is 8.76. The monoisotopic (exact) mass is 212 g/mol. The largest absolute Gasteiger partial charge is 0.454 e.